The monoisotopic (exact) mass is 167 g/mol. The van der Waals surface area contributed by atoms with E-state index in [4.69, 9.17) is 1.37 Å². The van der Waals surface area contributed by atoms with Crippen molar-refractivity contribution in [2.45, 2.75) is 59.3 Å². The topological polar surface area (TPSA) is 0 Å². The lowest BCUT2D eigenvalue weighted by atomic mass is 9.84. The largest absolute Gasteiger partial charge is 0.0775 e. The molecule has 1 saturated carbocycles. The van der Waals surface area contributed by atoms with Crippen LogP contribution in [-0.4, -0.2) is 0 Å². The third kappa shape index (κ3) is 3.00. The van der Waals surface area contributed by atoms with Crippen LogP contribution in [0.4, 0.5) is 0 Å². The minimum atomic E-state index is 0.485. The summed E-state index contributed by atoms with van der Waals surface area (Å²) in [7, 11) is 0. The van der Waals surface area contributed by atoms with Crippen molar-refractivity contribution in [2.75, 3.05) is 0 Å². The summed E-state index contributed by atoms with van der Waals surface area (Å²) in [6.07, 6.45) is 8.39. The van der Waals surface area contributed by atoms with Crippen molar-refractivity contribution in [1.82, 2.24) is 0 Å². The summed E-state index contributed by atoms with van der Waals surface area (Å²) in [5.41, 5.74) is 2.76. The predicted molar refractivity (Wildman–Crippen MR) is 55.2 cm³/mol. The molecule has 1 aliphatic rings. The maximum absolute atomic E-state index is 7.30. The van der Waals surface area contributed by atoms with Crippen LogP contribution in [0.1, 0.15) is 60.6 Å². The average Bonchev–Trinajstić information content (AvgIpc) is 2.18. The van der Waals surface area contributed by atoms with Crippen LogP contribution in [0.25, 0.3) is 0 Å². The molecular weight excluding hydrogens is 144 g/mol. The summed E-state index contributed by atoms with van der Waals surface area (Å²) < 4.78 is 7.30. The Kier molecular flexibility index (Phi) is 3.26. The highest BCUT2D eigenvalue weighted by Gasteiger charge is 2.13. The van der Waals surface area contributed by atoms with E-state index >= 15 is 0 Å². The van der Waals surface area contributed by atoms with E-state index in [2.05, 4.69) is 13.8 Å². The standard InChI is InChI=1S/C12H22/c1-10(2)11(3)9-12-7-5-4-6-8-12/h12H,4-9H2,1-3H3/i1D/b11-10-. The quantitative estimate of drug-likeness (QED) is 0.537. The molecule has 0 aromatic heterocycles. The molecule has 0 saturated heterocycles. The van der Waals surface area contributed by atoms with E-state index in [-0.39, 0.29) is 0 Å². The van der Waals surface area contributed by atoms with Crippen molar-refractivity contribution < 1.29 is 1.37 Å². The summed E-state index contributed by atoms with van der Waals surface area (Å²) in [6.45, 7) is 4.79. The van der Waals surface area contributed by atoms with Crippen LogP contribution in [0.15, 0.2) is 11.1 Å². The summed E-state index contributed by atoms with van der Waals surface area (Å²) >= 11 is 0. The van der Waals surface area contributed by atoms with Crippen molar-refractivity contribution >= 4 is 0 Å². The Labute approximate surface area is 78.5 Å². The van der Waals surface area contributed by atoms with Crippen LogP contribution in [0.2, 0.25) is 0 Å². The van der Waals surface area contributed by atoms with Crippen molar-refractivity contribution in [3.05, 3.63) is 11.1 Å². The van der Waals surface area contributed by atoms with Gasteiger partial charge in [0, 0.05) is 1.37 Å². The average molecular weight is 167 g/mol. The van der Waals surface area contributed by atoms with Gasteiger partial charge >= 0.3 is 0 Å². The maximum Gasteiger partial charge on any atom is 0.0276 e. The zero-order valence-electron chi connectivity index (χ0n) is 9.53. The zero-order valence-corrected chi connectivity index (χ0v) is 8.53. The molecule has 0 atom stereocenters. The molecule has 0 aromatic rings. The Morgan fingerprint density at radius 3 is 2.50 bits per heavy atom. The van der Waals surface area contributed by atoms with Gasteiger partial charge in [0.2, 0.25) is 0 Å². The summed E-state index contributed by atoms with van der Waals surface area (Å²) in [6, 6.07) is 0. The molecule has 0 bridgehead atoms. The van der Waals surface area contributed by atoms with Gasteiger partial charge in [-0.2, -0.15) is 0 Å². The van der Waals surface area contributed by atoms with Crippen LogP contribution in [0.5, 0.6) is 0 Å². The van der Waals surface area contributed by atoms with Crippen LogP contribution in [-0.2, 0) is 0 Å². The predicted octanol–water partition coefficient (Wildman–Crippen LogP) is 4.31. The first-order valence-electron chi connectivity index (χ1n) is 5.89. The molecule has 1 aliphatic carbocycles. The smallest absolute Gasteiger partial charge is 0.0276 e. The molecule has 0 heterocycles. The van der Waals surface area contributed by atoms with Gasteiger partial charge in [-0.15, -0.1) is 0 Å². The first-order chi connectivity index (χ1) is 6.24. The van der Waals surface area contributed by atoms with Crippen LogP contribution >= 0.6 is 0 Å². The highest BCUT2D eigenvalue weighted by Crippen LogP contribution is 2.29. The Morgan fingerprint density at radius 2 is 1.92 bits per heavy atom. The van der Waals surface area contributed by atoms with Gasteiger partial charge in [-0.05, 0) is 33.1 Å². The number of hydrogen-bond donors (Lipinski definition) is 0. The SMILES string of the molecule is [2H]C/C(C)=C(\C)CC1CCCCC1. The van der Waals surface area contributed by atoms with Crippen LogP contribution < -0.4 is 0 Å². The highest BCUT2D eigenvalue weighted by molar-refractivity contribution is 5.07. The molecule has 0 aliphatic heterocycles. The van der Waals surface area contributed by atoms with E-state index in [0.717, 1.165) is 5.92 Å². The second-order valence-electron chi connectivity index (χ2n) is 4.27. The van der Waals surface area contributed by atoms with Crippen molar-refractivity contribution in [2.24, 2.45) is 5.92 Å². The molecular formula is C12H22. The first-order valence-corrected chi connectivity index (χ1v) is 5.18. The van der Waals surface area contributed by atoms with Crippen molar-refractivity contribution in [3.63, 3.8) is 0 Å². The summed E-state index contributed by atoms with van der Waals surface area (Å²) in [5.74, 6) is 0.926. The molecule has 0 heteroatoms. The molecule has 0 nitrogen and oxygen atoms in total. The van der Waals surface area contributed by atoms with E-state index in [0.29, 0.717) is 6.90 Å². The Balaban J connectivity index is 2.38. The van der Waals surface area contributed by atoms with E-state index in [1.807, 2.05) is 0 Å². The molecule has 0 amide bonds. The second-order valence-corrected chi connectivity index (χ2v) is 4.27. The fraction of sp³-hybridized carbons (Fsp3) is 0.833. The fourth-order valence-corrected chi connectivity index (χ4v) is 2.00. The van der Waals surface area contributed by atoms with Gasteiger partial charge in [0.25, 0.3) is 0 Å². The number of hydrogen-bond acceptors (Lipinski definition) is 0. The van der Waals surface area contributed by atoms with Crippen LogP contribution in [0.3, 0.4) is 0 Å². The second kappa shape index (κ2) is 4.69. The van der Waals surface area contributed by atoms with Gasteiger partial charge in [-0.25, -0.2) is 0 Å². The van der Waals surface area contributed by atoms with E-state index in [9.17, 15) is 0 Å². The first kappa shape index (κ1) is 8.34. The minimum absolute atomic E-state index is 0.485. The third-order valence-electron chi connectivity index (χ3n) is 3.05. The lowest BCUT2D eigenvalue weighted by molar-refractivity contribution is 0.355. The van der Waals surface area contributed by atoms with Gasteiger partial charge in [-0.3, -0.25) is 0 Å². The summed E-state index contributed by atoms with van der Waals surface area (Å²) in [5, 5.41) is 0. The maximum atomic E-state index is 7.30. The number of allylic oxidation sites excluding steroid dienone is 2. The van der Waals surface area contributed by atoms with Crippen molar-refractivity contribution in [3.8, 4) is 0 Å². The zero-order chi connectivity index (χ0) is 9.68. The molecule has 0 spiro atoms. The Hall–Kier alpha value is -0.260. The van der Waals surface area contributed by atoms with Gasteiger partial charge in [0.05, 0.1) is 0 Å². The van der Waals surface area contributed by atoms with E-state index in [1.165, 1.54) is 49.7 Å². The van der Waals surface area contributed by atoms with Gasteiger partial charge < -0.3 is 0 Å². The highest BCUT2D eigenvalue weighted by atomic mass is 14.2. The molecule has 1 rings (SSSR count). The molecule has 0 unspecified atom stereocenters. The van der Waals surface area contributed by atoms with Crippen LogP contribution in [0, 0.1) is 5.92 Å². The van der Waals surface area contributed by atoms with Gasteiger partial charge in [0.1, 0.15) is 0 Å². The Bertz CT molecular complexity index is 176. The van der Waals surface area contributed by atoms with E-state index in [1.54, 1.807) is 0 Å². The summed E-state index contributed by atoms with van der Waals surface area (Å²) in [4.78, 5) is 0. The fourth-order valence-electron chi connectivity index (χ4n) is 2.00. The van der Waals surface area contributed by atoms with Gasteiger partial charge in [-0.1, -0.05) is 43.3 Å². The molecule has 70 valence electrons. The van der Waals surface area contributed by atoms with Gasteiger partial charge in [0.15, 0.2) is 0 Å². The Morgan fingerprint density at radius 1 is 1.25 bits per heavy atom. The molecule has 1 fully saturated rings. The molecule has 12 heavy (non-hydrogen) atoms. The molecule has 0 aromatic carbocycles. The van der Waals surface area contributed by atoms with E-state index < -0.39 is 0 Å². The molecule has 0 N–H and O–H groups in total. The minimum Gasteiger partial charge on any atom is -0.0775 e. The third-order valence-corrected chi connectivity index (χ3v) is 3.05. The molecule has 0 radical (unpaired) electrons. The lowest BCUT2D eigenvalue weighted by Gasteiger charge is -2.22. The number of rotatable bonds is 2. The lowest BCUT2D eigenvalue weighted by Crippen LogP contribution is -2.06. The normalized spacial score (nSPS) is 23.3. The van der Waals surface area contributed by atoms with Crippen molar-refractivity contribution in [1.29, 1.82) is 0 Å².